The van der Waals surface area contributed by atoms with E-state index in [4.69, 9.17) is 38.2 Å². The molecule has 2 aliphatic heterocycles. The lowest BCUT2D eigenvalue weighted by Crippen LogP contribution is -2.26. The Labute approximate surface area is 138 Å². The van der Waals surface area contributed by atoms with Crippen LogP contribution in [0.4, 0.5) is 0 Å². The molecule has 0 saturated carbocycles. The molecule has 2 rings (SSSR count). The SMILES string of the molecule is [B]C1CC(COP(O)(=S)OCC2OC(C)CC2O)C(CC)O1. The van der Waals surface area contributed by atoms with Gasteiger partial charge in [0.05, 0.1) is 31.5 Å². The minimum Gasteiger partial charge on any atom is -0.390 e. The van der Waals surface area contributed by atoms with Crippen LogP contribution in [0, 0.1) is 5.92 Å². The molecule has 7 unspecified atom stereocenters. The summed E-state index contributed by atoms with van der Waals surface area (Å²) in [6, 6.07) is -0.292. The fourth-order valence-corrected chi connectivity index (χ4v) is 4.08. The van der Waals surface area contributed by atoms with Crippen LogP contribution < -0.4 is 0 Å². The van der Waals surface area contributed by atoms with Crippen molar-refractivity contribution in [1.82, 2.24) is 0 Å². The summed E-state index contributed by atoms with van der Waals surface area (Å²) in [6.07, 6.45) is 0.982. The molecule has 9 heteroatoms. The van der Waals surface area contributed by atoms with E-state index in [0.29, 0.717) is 12.8 Å². The Bertz CT molecular complexity index is 414. The molecule has 0 aromatic carbocycles. The fraction of sp³-hybridized carbons (Fsp3) is 1.00. The molecular formula is C13H24BO6PS. The van der Waals surface area contributed by atoms with E-state index in [9.17, 15) is 10.00 Å². The molecular weight excluding hydrogens is 326 g/mol. The number of aliphatic hydroxyl groups excluding tert-OH is 1. The summed E-state index contributed by atoms with van der Waals surface area (Å²) < 4.78 is 21.7. The molecule has 2 saturated heterocycles. The molecule has 2 fully saturated rings. The van der Waals surface area contributed by atoms with Gasteiger partial charge in [-0.25, -0.2) is 0 Å². The van der Waals surface area contributed by atoms with Crippen LogP contribution in [0.5, 0.6) is 0 Å². The molecule has 2 N–H and O–H groups in total. The molecule has 22 heavy (non-hydrogen) atoms. The van der Waals surface area contributed by atoms with Gasteiger partial charge in [-0.15, -0.1) is 0 Å². The summed E-state index contributed by atoms with van der Waals surface area (Å²) >= 11 is 5.00. The Hall–Kier alpha value is 0.475. The van der Waals surface area contributed by atoms with Crippen molar-refractivity contribution in [2.75, 3.05) is 13.2 Å². The highest BCUT2D eigenvalue weighted by Crippen LogP contribution is 2.45. The summed E-state index contributed by atoms with van der Waals surface area (Å²) in [6.45, 7) is 0.818. The molecule has 6 nitrogen and oxygen atoms in total. The van der Waals surface area contributed by atoms with Gasteiger partial charge in [-0.05, 0) is 31.6 Å². The lowest BCUT2D eigenvalue weighted by atomic mass is 9.91. The van der Waals surface area contributed by atoms with Crippen molar-refractivity contribution in [2.24, 2.45) is 5.92 Å². The Morgan fingerprint density at radius 3 is 2.50 bits per heavy atom. The quantitative estimate of drug-likeness (QED) is 0.526. The maximum absolute atomic E-state index is 10.1. The summed E-state index contributed by atoms with van der Waals surface area (Å²) in [4.78, 5) is 10.1. The average molecular weight is 350 g/mol. The Morgan fingerprint density at radius 1 is 1.23 bits per heavy atom. The van der Waals surface area contributed by atoms with Crippen LogP contribution in [0.2, 0.25) is 0 Å². The first-order valence-corrected chi connectivity index (χ1v) is 10.3. The van der Waals surface area contributed by atoms with Gasteiger partial charge in [-0.1, -0.05) is 6.92 Å². The molecule has 7 atom stereocenters. The van der Waals surface area contributed by atoms with Gasteiger partial charge in [-0.2, -0.15) is 0 Å². The monoisotopic (exact) mass is 350 g/mol. The summed E-state index contributed by atoms with van der Waals surface area (Å²) in [7, 11) is 5.77. The van der Waals surface area contributed by atoms with Crippen molar-refractivity contribution in [3.05, 3.63) is 0 Å². The van der Waals surface area contributed by atoms with Crippen LogP contribution >= 0.6 is 6.72 Å². The smallest absolute Gasteiger partial charge is 0.324 e. The van der Waals surface area contributed by atoms with E-state index < -0.39 is 18.9 Å². The van der Waals surface area contributed by atoms with Gasteiger partial charge in [0.2, 0.25) is 0 Å². The van der Waals surface area contributed by atoms with Gasteiger partial charge in [0, 0.05) is 18.3 Å². The molecule has 0 amide bonds. The molecule has 0 aliphatic carbocycles. The molecule has 2 radical (unpaired) electrons. The highest BCUT2D eigenvalue weighted by Gasteiger charge is 2.35. The van der Waals surface area contributed by atoms with Crippen LogP contribution in [-0.2, 0) is 30.3 Å². The van der Waals surface area contributed by atoms with Crippen molar-refractivity contribution in [1.29, 1.82) is 0 Å². The second-order valence-corrected chi connectivity index (χ2v) is 8.80. The number of aliphatic hydroxyl groups is 1. The molecule has 0 aromatic heterocycles. The number of rotatable bonds is 7. The normalized spacial score (nSPS) is 41.6. The topological polar surface area (TPSA) is 77.4 Å². The lowest BCUT2D eigenvalue weighted by molar-refractivity contribution is -0.0160. The minimum absolute atomic E-state index is 0.0193. The molecule has 0 spiro atoms. The zero-order valence-corrected chi connectivity index (χ0v) is 14.7. The Kier molecular flexibility index (Phi) is 6.87. The van der Waals surface area contributed by atoms with Gasteiger partial charge in [0.15, 0.2) is 0 Å². The van der Waals surface area contributed by atoms with Gasteiger partial charge in [0.25, 0.3) is 0 Å². The first-order chi connectivity index (χ1) is 10.3. The van der Waals surface area contributed by atoms with Gasteiger partial charge in [0.1, 0.15) is 14.0 Å². The molecule has 2 aliphatic rings. The highest BCUT2D eigenvalue weighted by molar-refractivity contribution is 8.07. The van der Waals surface area contributed by atoms with E-state index in [1.807, 2.05) is 13.8 Å². The van der Waals surface area contributed by atoms with Crippen LogP contribution in [-0.4, -0.2) is 61.5 Å². The van der Waals surface area contributed by atoms with Crippen molar-refractivity contribution in [3.63, 3.8) is 0 Å². The molecule has 2 heterocycles. The zero-order valence-electron chi connectivity index (χ0n) is 13.0. The Balaban J connectivity index is 1.75. The van der Waals surface area contributed by atoms with Crippen LogP contribution in [0.15, 0.2) is 0 Å². The molecule has 126 valence electrons. The van der Waals surface area contributed by atoms with Crippen molar-refractivity contribution < 1.29 is 28.5 Å². The van der Waals surface area contributed by atoms with E-state index in [1.165, 1.54) is 0 Å². The van der Waals surface area contributed by atoms with E-state index in [2.05, 4.69) is 0 Å². The van der Waals surface area contributed by atoms with Crippen molar-refractivity contribution in [3.8, 4) is 0 Å². The van der Waals surface area contributed by atoms with Gasteiger partial charge < -0.3 is 28.5 Å². The van der Waals surface area contributed by atoms with Crippen LogP contribution in [0.1, 0.15) is 33.1 Å². The van der Waals surface area contributed by atoms with Gasteiger partial charge >= 0.3 is 6.72 Å². The first kappa shape index (κ1) is 18.8. The van der Waals surface area contributed by atoms with Gasteiger partial charge in [-0.3, -0.25) is 0 Å². The third-order valence-corrected chi connectivity index (χ3v) is 5.66. The lowest BCUT2D eigenvalue weighted by Gasteiger charge is -2.22. The van der Waals surface area contributed by atoms with E-state index in [0.717, 1.165) is 6.42 Å². The van der Waals surface area contributed by atoms with Crippen LogP contribution in [0.3, 0.4) is 0 Å². The van der Waals surface area contributed by atoms with E-state index in [-0.39, 0.29) is 37.3 Å². The van der Waals surface area contributed by atoms with E-state index in [1.54, 1.807) is 0 Å². The van der Waals surface area contributed by atoms with Crippen molar-refractivity contribution in [2.45, 2.75) is 63.5 Å². The minimum atomic E-state index is -3.35. The maximum Gasteiger partial charge on any atom is 0.324 e. The Morgan fingerprint density at radius 2 is 1.91 bits per heavy atom. The number of hydrogen-bond donors (Lipinski definition) is 2. The fourth-order valence-electron chi connectivity index (χ4n) is 2.93. The van der Waals surface area contributed by atoms with Crippen molar-refractivity contribution >= 4 is 26.4 Å². The average Bonchev–Trinajstić information content (AvgIpc) is 2.96. The third kappa shape index (κ3) is 5.25. The summed E-state index contributed by atoms with van der Waals surface area (Å²) in [5.41, 5.74) is 0. The number of hydrogen-bond acceptors (Lipinski definition) is 6. The van der Waals surface area contributed by atoms with E-state index >= 15 is 0 Å². The third-order valence-electron chi connectivity index (χ3n) is 4.08. The zero-order chi connectivity index (χ0) is 16.3. The largest absolute Gasteiger partial charge is 0.390 e. The summed E-state index contributed by atoms with van der Waals surface area (Å²) in [5, 5.41) is 9.77. The second kappa shape index (κ2) is 8.03. The van der Waals surface area contributed by atoms with Crippen LogP contribution in [0.25, 0.3) is 0 Å². The highest BCUT2D eigenvalue weighted by atomic mass is 32.5. The predicted octanol–water partition coefficient (Wildman–Crippen LogP) is 1.08. The molecule has 0 bridgehead atoms. The number of ether oxygens (including phenoxy) is 2. The first-order valence-electron chi connectivity index (χ1n) is 7.67. The maximum atomic E-state index is 10.1. The molecule has 0 aromatic rings. The summed E-state index contributed by atoms with van der Waals surface area (Å²) in [5.74, 6) is 0.103. The second-order valence-electron chi connectivity index (χ2n) is 5.97. The standard InChI is InChI=1S/C13H24BO6PS/c1-3-11-9(5-13(14)20-11)6-17-21(16,22)18-7-12-10(15)4-8(2)19-12/h8-13,15H,3-7H2,1-2H3,(H,16,22). The predicted molar refractivity (Wildman–Crippen MR) is 86.2 cm³/mol.